The minimum atomic E-state index is -3.11. The lowest BCUT2D eigenvalue weighted by Crippen LogP contribution is -2.45. The van der Waals surface area contributed by atoms with E-state index in [1.165, 1.54) is 13.8 Å². The third-order valence-electron chi connectivity index (χ3n) is 3.98. The normalized spacial score (nSPS) is 20.6. The molecule has 1 fully saturated rings. The Bertz CT molecular complexity index is 778. The van der Waals surface area contributed by atoms with Crippen LogP contribution in [0.4, 0.5) is 0 Å². The van der Waals surface area contributed by atoms with Crippen molar-refractivity contribution < 1.29 is 27.5 Å². The molecule has 2 rings (SSSR count). The van der Waals surface area contributed by atoms with Crippen LogP contribution in [0.2, 0.25) is 0 Å². The van der Waals surface area contributed by atoms with Crippen molar-refractivity contribution in [3.05, 3.63) is 35.9 Å². The zero-order chi connectivity index (χ0) is 19.3. The number of benzene rings is 1. The molecular weight excluding hydrogens is 360 g/mol. The highest BCUT2D eigenvalue weighted by Gasteiger charge is 2.31. The second kappa shape index (κ2) is 8.31. The van der Waals surface area contributed by atoms with E-state index in [9.17, 15) is 22.8 Å². The topological polar surface area (TPSA) is 119 Å². The Labute approximate surface area is 152 Å². The summed E-state index contributed by atoms with van der Waals surface area (Å²) in [5, 5.41) is 5.06. The highest BCUT2D eigenvalue weighted by atomic mass is 32.2. The van der Waals surface area contributed by atoms with E-state index in [0.717, 1.165) is 0 Å². The van der Waals surface area contributed by atoms with Gasteiger partial charge in [0.25, 0.3) is 11.8 Å². The molecule has 0 bridgehead atoms. The molecule has 3 atom stereocenters. The number of carbonyl (C=O) groups is 3. The molecule has 0 radical (unpaired) electrons. The standard InChI is InChI=1S/C17H22N2O6S/c1-11(18-16(21)13-6-4-3-5-7-13)17(22)25-12(2)15(20)19-14-8-9-26(23,24)10-14/h3-7,11-12,14H,8-10H2,1-2H3,(H,18,21)(H,19,20)/t11-,12-,14-/m0/s1. The van der Waals surface area contributed by atoms with E-state index in [-0.39, 0.29) is 11.5 Å². The highest BCUT2D eigenvalue weighted by Crippen LogP contribution is 2.11. The first-order valence-corrected chi connectivity index (χ1v) is 10.1. The van der Waals surface area contributed by atoms with Crippen LogP contribution in [0.3, 0.4) is 0 Å². The average Bonchev–Trinajstić information content (AvgIpc) is 2.93. The van der Waals surface area contributed by atoms with Gasteiger partial charge in [0.2, 0.25) is 0 Å². The molecule has 1 aliphatic heterocycles. The Balaban J connectivity index is 1.82. The van der Waals surface area contributed by atoms with E-state index in [1.807, 2.05) is 0 Å². The van der Waals surface area contributed by atoms with Crippen LogP contribution < -0.4 is 10.6 Å². The Morgan fingerprint density at radius 2 is 1.81 bits per heavy atom. The summed E-state index contributed by atoms with van der Waals surface area (Å²) < 4.78 is 27.9. The number of amides is 2. The number of rotatable bonds is 6. The summed E-state index contributed by atoms with van der Waals surface area (Å²) in [5.41, 5.74) is 0.403. The summed E-state index contributed by atoms with van der Waals surface area (Å²) in [5.74, 6) is -1.82. The van der Waals surface area contributed by atoms with Gasteiger partial charge in [0.05, 0.1) is 11.5 Å². The number of sulfone groups is 1. The number of hydrogen-bond donors (Lipinski definition) is 2. The molecule has 2 amide bonds. The first-order valence-electron chi connectivity index (χ1n) is 8.25. The smallest absolute Gasteiger partial charge is 0.329 e. The summed E-state index contributed by atoms with van der Waals surface area (Å²) in [6.45, 7) is 2.85. The van der Waals surface area contributed by atoms with Gasteiger partial charge in [0.1, 0.15) is 6.04 Å². The van der Waals surface area contributed by atoms with Gasteiger partial charge in [0.15, 0.2) is 15.9 Å². The molecule has 0 unspecified atom stereocenters. The number of hydrogen-bond acceptors (Lipinski definition) is 6. The van der Waals surface area contributed by atoms with Crippen LogP contribution in [0.5, 0.6) is 0 Å². The maximum Gasteiger partial charge on any atom is 0.329 e. The van der Waals surface area contributed by atoms with Crippen molar-refractivity contribution in [1.29, 1.82) is 0 Å². The molecule has 1 aromatic carbocycles. The van der Waals surface area contributed by atoms with E-state index in [1.54, 1.807) is 30.3 Å². The van der Waals surface area contributed by atoms with Crippen LogP contribution in [0.15, 0.2) is 30.3 Å². The highest BCUT2D eigenvalue weighted by molar-refractivity contribution is 7.91. The first-order chi connectivity index (χ1) is 12.2. The molecule has 26 heavy (non-hydrogen) atoms. The first kappa shape index (κ1) is 19.9. The van der Waals surface area contributed by atoms with Gasteiger partial charge in [-0.2, -0.15) is 0 Å². The quantitative estimate of drug-likeness (QED) is 0.671. The van der Waals surface area contributed by atoms with Crippen molar-refractivity contribution in [1.82, 2.24) is 10.6 Å². The maximum atomic E-state index is 12.1. The number of carbonyl (C=O) groups excluding carboxylic acids is 3. The lowest BCUT2D eigenvalue weighted by molar-refractivity contribution is -0.156. The van der Waals surface area contributed by atoms with Gasteiger partial charge in [-0.05, 0) is 32.4 Å². The third kappa shape index (κ3) is 5.55. The molecule has 1 heterocycles. The zero-order valence-corrected chi connectivity index (χ0v) is 15.4. The largest absolute Gasteiger partial charge is 0.451 e. The van der Waals surface area contributed by atoms with E-state index in [0.29, 0.717) is 12.0 Å². The van der Waals surface area contributed by atoms with E-state index < -0.39 is 45.8 Å². The van der Waals surface area contributed by atoms with E-state index in [4.69, 9.17) is 4.74 Å². The summed E-state index contributed by atoms with van der Waals surface area (Å²) in [6.07, 6.45) is -0.750. The fraction of sp³-hybridized carbons (Fsp3) is 0.471. The van der Waals surface area contributed by atoms with Crippen molar-refractivity contribution in [3.63, 3.8) is 0 Å². The van der Waals surface area contributed by atoms with Gasteiger partial charge < -0.3 is 15.4 Å². The lowest BCUT2D eigenvalue weighted by atomic mass is 10.2. The molecule has 2 N–H and O–H groups in total. The molecule has 1 aromatic rings. The predicted octanol–water partition coefficient (Wildman–Crippen LogP) is 0.0399. The summed E-state index contributed by atoms with van der Waals surface area (Å²) in [6, 6.07) is 6.98. The zero-order valence-electron chi connectivity index (χ0n) is 14.6. The molecule has 0 spiro atoms. The number of nitrogens with one attached hydrogen (secondary N) is 2. The van der Waals surface area contributed by atoms with Gasteiger partial charge in [0, 0.05) is 11.6 Å². The molecule has 0 aliphatic carbocycles. The Morgan fingerprint density at radius 3 is 2.38 bits per heavy atom. The van der Waals surface area contributed by atoms with Gasteiger partial charge in [-0.25, -0.2) is 13.2 Å². The number of esters is 1. The van der Waals surface area contributed by atoms with Crippen LogP contribution in [0, 0.1) is 0 Å². The molecule has 1 aliphatic rings. The predicted molar refractivity (Wildman–Crippen MR) is 94.1 cm³/mol. The van der Waals surface area contributed by atoms with Crippen molar-refractivity contribution in [2.45, 2.75) is 38.5 Å². The van der Waals surface area contributed by atoms with Gasteiger partial charge in [-0.15, -0.1) is 0 Å². The molecule has 142 valence electrons. The Kier molecular flexibility index (Phi) is 6.36. The second-order valence-corrected chi connectivity index (χ2v) is 8.48. The summed E-state index contributed by atoms with van der Waals surface area (Å²) in [4.78, 5) is 36.1. The lowest BCUT2D eigenvalue weighted by Gasteiger charge is -2.19. The van der Waals surface area contributed by atoms with Crippen molar-refractivity contribution in [3.8, 4) is 0 Å². The van der Waals surface area contributed by atoms with Gasteiger partial charge >= 0.3 is 5.97 Å². The van der Waals surface area contributed by atoms with Crippen molar-refractivity contribution >= 4 is 27.6 Å². The van der Waals surface area contributed by atoms with Crippen molar-refractivity contribution in [2.75, 3.05) is 11.5 Å². The average molecular weight is 382 g/mol. The van der Waals surface area contributed by atoms with Crippen LogP contribution in [-0.4, -0.2) is 55.9 Å². The molecule has 0 saturated carbocycles. The SMILES string of the molecule is C[C@H](NC(=O)c1ccccc1)C(=O)O[C@@H](C)C(=O)N[C@H]1CCS(=O)(=O)C1. The van der Waals surface area contributed by atoms with Gasteiger partial charge in [-0.1, -0.05) is 18.2 Å². The molecule has 0 aromatic heterocycles. The fourth-order valence-electron chi connectivity index (χ4n) is 2.49. The summed E-state index contributed by atoms with van der Waals surface area (Å²) >= 11 is 0. The molecule has 1 saturated heterocycles. The fourth-order valence-corrected chi connectivity index (χ4v) is 4.16. The van der Waals surface area contributed by atoms with Crippen LogP contribution in [-0.2, 0) is 24.2 Å². The van der Waals surface area contributed by atoms with Crippen LogP contribution in [0.1, 0.15) is 30.6 Å². The molecular formula is C17H22N2O6S. The number of ether oxygens (including phenoxy) is 1. The minimum absolute atomic E-state index is 0.0364. The van der Waals surface area contributed by atoms with Crippen LogP contribution >= 0.6 is 0 Å². The second-order valence-electron chi connectivity index (χ2n) is 6.25. The summed E-state index contributed by atoms with van der Waals surface area (Å²) in [7, 11) is -3.11. The van der Waals surface area contributed by atoms with E-state index in [2.05, 4.69) is 10.6 Å². The molecule has 9 heteroatoms. The van der Waals surface area contributed by atoms with Crippen LogP contribution in [0.25, 0.3) is 0 Å². The maximum absolute atomic E-state index is 12.1. The Hall–Kier alpha value is -2.42. The molecule has 8 nitrogen and oxygen atoms in total. The van der Waals surface area contributed by atoms with Crippen molar-refractivity contribution in [2.24, 2.45) is 0 Å². The Morgan fingerprint density at radius 1 is 1.15 bits per heavy atom. The minimum Gasteiger partial charge on any atom is -0.451 e. The monoisotopic (exact) mass is 382 g/mol. The third-order valence-corrected chi connectivity index (χ3v) is 5.75. The van der Waals surface area contributed by atoms with E-state index >= 15 is 0 Å². The van der Waals surface area contributed by atoms with Gasteiger partial charge in [-0.3, -0.25) is 9.59 Å².